The Hall–Kier alpha value is -3.20. The first kappa shape index (κ1) is 19.6. The lowest BCUT2D eigenvalue weighted by molar-refractivity contribution is -0.384. The van der Waals surface area contributed by atoms with Gasteiger partial charge >= 0.3 is 0 Å². The Morgan fingerprint density at radius 3 is 2.11 bits per heavy atom. The third-order valence-corrected chi connectivity index (χ3v) is 5.92. The first-order valence-corrected chi connectivity index (χ1v) is 9.90. The van der Waals surface area contributed by atoms with E-state index >= 15 is 0 Å². The predicted molar refractivity (Wildman–Crippen MR) is 106 cm³/mol. The number of anilines is 1. The average molecular weight is 400 g/mol. The molecular weight excluding hydrogens is 380 g/mol. The van der Waals surface area contributed by atoms with Crippen LogP contribution < -0.4 is 5.73 Å². The van der Waals surface area contributed by atoms with Crippen LogP contribution in [0.3, 0.4) is 0 Å². The van der Waals surface area contributed by atoms with E-state index in [0.717, 1.165) is 27.3 Å². The summed E-state index contributed by atoms with van der Waals surface area (Å²) in [5.74, 6) is 0.0778. The van der Waals surface area contributed by atoms with Crippen LogP contribution in [0.25, 0.3) is 11.1 Å². The van der Waals surface area contributed by atoms with Gasteiger partial charge in [-0.1, -0.05) is 45.0 Å². The summed E-state index contributed by atoms with van der Waals surface area (Å²) in [4.78, 5) is 10.0. The summed E-state index contributed by atoms with van der Waals surface area (Å²) >= 11 is 0. The number of rotatable bonds is 4. The van der Waals surface area contributed by atoms with Gasteiger partial charge in [0.1, 0.15) is 0 Å². The number of nitrogens with two attached hydrogens (primary N) is 1. The molecule has 0 radical (unpaired) electrons. The molecule has 0 saturated heterocycles. The molecule has 1 aromatic heterocycles. The fraction of sp³-hybridized carbons (Fsp3) is 0.211. The first-order chi connectivity index (χ1) is 13.0. The molecular formula is C19H20N4O4S. The van der Waals surface area contributed by atoms with Gasteiger partial charge in [-0.2, -0.15) is 12.5 Å². The normalized spacial score (nSPS) is 12.1. The zero-order chi connectivity index (χ0) is 20.7. The number of hydrogen-bond donors (Lipinski definition) is 1. The third-order valence-electron chi connectivity index (χ3n) is 4.38. The Morgan fingerprint density at radius 1 is 1.04 bits per heavy atom. The van der Waals surface area contributed by atoms with E-state index in [1.54, 1.807) is 0 Å². The van der Waals surface area contributed by atoms with Crippen LogP contribution in [0.2, 0.25) is 0 Å². The zero-order valence-corrected chi connectivity index (χ0v) is 16.5. The Balaban J connectivity index is 1.98. The smallest absolute Gasteiger partial charge is 0.283 e. The molecule has 146 valence electrons. The van der Waals surface area contributed by atoms with E-state index in [0.29, 0.717) is 5.56 Å². The quantitative estimate of drug-likeness (QED) is 0.528. The summed E-state index contributed by atoms with van der Waals surface area (Å²) in [6.45, 7) is 6.31. The molecule has 0 fully saturated rings. The van der Waals surface area contributed by atoms with Crippen LogP contribution in [0.15, 0.2) is 59.6 Å². The molecule has 2 N–H and O–H groups in total. The van der Waals surface area contributed by atoms with Gasteiger partial charge in [0.15, 0.2) is 5.82 Å². The number of nitrogen functional groups attached to an aromatic ring is 1. The summed E-state index contributed by atoms with van der Waals surface area (Å²) in [5.41, 5.74) is 8.13. The van der Waals surface area contributed by atoms with Gasteiger partial charge in [0.05, 0.1) is 16.0 Å². The van der Waals surface area contributed by atoms with Crippen molar-refractivity contribution in [2.45, 2.75) is 31.1 Å². The van der Waals surface area contributed by atoms with Crippen LogP contribution in [0.5, 0.6) is 0 Å². The minimum atomic E-state index is -4.02. The first-order valence-electron chi connectivity index (χ1n) is 8.46. The van der Waals surface area contributed by atoms with Crippen LogP contribution in [0, 0.1) is 10.1 Å². The molecule has 0 aliphatic rings. The molecule has 3 aromatic rings. The van der Waals surface area contributed by atoms with Crippen molar-refractivity contribution in [3.8, 4) is 11.1 Å². The average Bonchev–Trinajstić information content (AvgIpc) is 3.03. The zero-order valence-electron chi connectivity index (χ0n) is 15.7. The molecule has 0 unspecified atom stereocenters. The Kier molecular flexibility index (Phi) is 4.72. The van der Waals surface area contributed by atoms with Crippen LogP contribution in [0.1, 0.15) is 26.3 Å². The van der Waals surface area contributed by atoms with Crippen molar-refractivity contribution in [3.63, 3.8) is 0 Å². The van der Waals surface area contributed by atoms with Gasteiger partial charge in [-0.3, -0.25) is 10.1 Å². The number of hydrogen-bond acceptors (Lipinski definition) is 6. The van der Waals surface area contributed by atoms with Gasteiger partial charge in [-0.15, -0.1) is 5.10 Å². The van der Waals surface area contributed by atoms with E-state index in [1.165, 1.54) is 18.3 Å². The number of nitrogens with zero attached hydrogens (tertiary/aromatic N) is 3. The molecule has 0 atom stereocenters. The third kappa shape index (κ3) is 3.61. The minimum Gasteiger partial charge on any atom is -0.382 e. The number of benzene rings is 2. The summed E-state index contributed by atoms with van der Waals surface area (Å²) in [7, 11) is -4.02. The molecule has 0 aliphatic carbocycles. The van der Waals surface area contributed by atoms with Crippen LogP contribution in [-0.2, 0) is 15.4 Å². The van der Waals surface area contributed by atoms with Crippen molar-refractivity contribution in [1.29, 1.82) is 0 Å². The van der Waals surface area contributed by atoms with Gasteiger partial charge in [-0.25, -0.2) is 0 Å². The van der Waals surface area contributed by atoms with Crippen molar-refractivity contribution in [2.75, 3.05) is 5.73 Å². The van der Waals surface area contributed by atoms with E-state index < -0.39 is 14.9 Å². The Bertz CT molecular complexity index is 1130. The Labute approximate surface area is 162 Å². The molecule has 1 heterocycles. The molecule has 2 aromatic carbocycles. The second-order valence-corrected chi connectivity index (χ2v) is 9.18. The number of nitro groups is 1. The van der Waals surface area contributed by atoms with Crippen LogP contribution in [-0.4, -0.2) is 22.5 Å². The van der Waals surface area contributed by atoms with Gasteiger partial charge in [-0.05, 0) is 28.7 Å². The molecule has 0 saturated carbocycles. The van der Waals surface area contributed by atoms with E-state index in [9.17, 15) is 18.5 Å². The van der Waals surface area contributed by atoms with Gasteiger partial charge in [0, 0.05) is 17.7 Å². The number of non-ortho nitro benzene ring substituents is 1. The fourth-order valence-corrected chi connectivity index (χ4v) is 3.84. The highest BCUT2D eigenvalue weighted by molar-refractivity contribution is 7.89. The van der Waals surface area contributed by atoms with Crippen molar-refractivity contribution in [3.05, 3.63) is 70.4 Å². The predicted octanol–water partition coefficient (Wildman–Crippen LogP) is 3.58. The minimum absolute atomic E-state index is 0.00643. The van der Waals surface area contributed by atoms with Crippen LogP contribution in [0.4, 0.5) is 11.5 Å². The summed E-state index contributed by atoms with van der Waals surface area (Å²) in [6.07, 6.45) is 1.35. The second kappa shape index (κ2) is 6.75. The van der Waals surface area contributed by atoms with Crippen molar-refractivity contribution < 1.29 is 13.3 Å². The van der Waals surface area contributed by atoms with E-state index in [2.05, 4.69) is 25.9 Å². The highest BCUT2D eigenvalue weighted by Crippen LogP contribution is 2.30. The van der Waals surface area contributed by atoms with Crippen LogP contribution >= 0.6 is 0 Å². The second-order valence-electron chi connectivity index (χ2n) is 7.38. The highest BCUT2D eigenvalue weighted by atomic mass is 32.2. The topological polar surface area (TPSA) is 121 Å². The van der Waals surface area contributed by atoms with Crippen molar-refractivity contribution in [2.24, 2.45) is 0 Å². The fourth-order valence-electron chi connectivity index (χ4n) is 2.71. The van der Waals surface area contributed by atoms with Gasteiger partial charge < -0.3 is 5.73 Å². The maximum absolute atomic E-state index is 12.8. The van der Waals surface area contributed by atoms with Crippen molar-refractivity contribution >= 4 is 21.5 Å². The number of aromatic nitrogens is 2. The molecule has 8 nitrogen and oxygen atoms in total. The highest BCUT2D eigenvalue weighted by Gasteiger charge is 2.22. The largest absolute Gasteiger partial charge is 0.382 e. The standard InChI is InChI=1S/C19H20N4O4S/c1-19(2,3)14-6-4-13(5-7-14)17-12-22(21-18(17)20)28(26,27)16-10-8-15(9-11-16)23(24)25/h4-12H,1-3H3,(H2,20,21). The van der Waals surface area contributed by atoms with Crippen molar-refractivity contribution in [1.82, 2.24) is 9.19 Å². The Morgan fingerprint density at radius 2 is 1.61 bits per heavy atom. The monoisotopic (exact) mass is 400 g/mol. The molecule has 0 aliphatic heterocycles. The lowest BCUT2D eigenvalue weighted by Crippen LogP contribution is -2.13. The molecule has 0 amide bonds. The summed E-state index contributed by atoms with van der Waals surface area (Å²) < 4.78 is 26.3. The lowest BCUT2D eigenvalue weighted by atomic mass is 9.86. The SMILES string of the molecule is CC(C)(C)c1ccc(-c2cn(S(=O)(=O)c3ccc([N+](=O)[O-])cc3)nc2N)cc1. The molecule has 0 spiro atoms. The summed E-state index contributed by atoms with van der Waals surface area (Å²) in [5, 5.41) is 14.7. The number of nitro benzene ring substituents is 1. The van der Waals surface area contributed by atoms with E-state index in [4.69, 9.17) is 5.73 Å². The van der Waals surface area contributed by atoms with E-state index in [1.807, 2.05) is 24.3 Å². The molecule has 28 heavy (non-hydrogen) atoms. The maximum Gasteiger partial charge on any atom is 0.283 e. The molecule has 9 heteroatoms. The molecule has 0 bridgehead atoms. The summed E-state index contributed by atoms with van der Waals surface area (Å²) in [6, 6.07) is 12.3. The molecule has 3 rings (SSSR count). The van der Waals surface area contributed by atoms with E-state index in [-0.39, 0.29) is 21.8 Å². The van der Waals surface area contributed by atoms with Gasteiger partial charge in [0.25, 0.3) is 15.7 Å². The lowest BCUT2D eigenvalue weighted by Gasteiger charge is -2.19. The maximum atomic E-state index is 12.8. The van der Waals surface area contributed by atoms with Gasteiger partial charge in [0.2, 0.25) is 0 Å².